The predicted octanol–water partition coefficient (Wildman–Crippen LogP) is 3.01. The van der Waals surface area contributed by atoms with Crippen LogP contribution >= 0.6 is 11.6 Å². The van der Waals surface area contributed by atoms with E-state index >= 15 is 0 Å². The van der Waals surface area contributed by atoms with Gasteiger partial charge in [-0.2, -0.15) is 5.10 Å². The Morgan fingerprint density at radius 2 is 1.91 bits per heavy atom. The first-order chi connectivity index (χ1) is 10.6. The molecule has 0 amide bonds. The van der Waals surface area contributed by atoms with Crippen molar-refractivity contribution in [2.24, 2.45) is 5.10 Å². The van der Waals surface area contributed by atoms with Crippen LogP contribution in [0.4, 0.5) is 5.69 Å². The molecular weight excluding hydrogens is 308 g/mol. The van der Waals surface area contributed by atoms with E-state index in [2.05, 4.69) is 10.5 Å². The van der Waals surface area contributed by atoms with E-state index in [-0.39, 0.29) is 31.1 Å². The summed E-state index contributed by atoms with van der Waals surface area (Å²) in [5.41, 5.74) is 3.48. The number of carbonyl (C=O) groups excluding carboxylic acids is 2. The molecule has 0 fully saturated rings. The summed E-state index contributed by atoms with van der Waals surface area (Å²) in [7, 11) is 0. The second-order valence-corrected chi connectivity index (χ2v) is 4.64. The van der Waals surface area contributed by atoms with Gasteiger partial charge in [0.15, 0.2) is 0 Å². The number of nitrogens with one attached hydrogen (secondary N) is 1. The highest BCUT2D eigenvalue weighted by atomic mass is 35.5. The first-order valence-electron chi connectivity index (χ1n) is 6.97. The molecular formula is C15H19ClN2O4. The number of hydrogen-bond donors (Lipinski definition) is 1. The summed E-state index contributed by atoms with van der Waals surface area (Å²) in [6, 6.07) is 6.90. The van der Waals surface area contributed by atoms with E-state index < -0.39 is 5.97 Å². The van der Waals surface area contributed by atoms with Crippen molar-refractivity contribution >= 4 is 34.9 Å². The molecule has 0 heterocycles. The summed E-state index contributed by atoms with van der Waals surface area (Å²) >= 11 is 5.87. The van der Waals surface area contributed by atoms with Crippen LogP contribution in [0.25, 0.3) is 0 Å². The molecule has 0 aromatic heterocycles. The standard InChI is InChI=1S/C15H19ClN2O4/c1-3-21-14(19)9-8-13(15(20)22-4-2)18-17-12-7-5-6-11(16)10-12/h5-7,10,17H,3-4,8-9H2,1-2H3. The molecule has 1 N–H and O–H groups in total. The minimum atomic E-state index is -0.568. The molecule has 0 atom stereocenters. The van der Waals surface area contributed by atoms with Crippen molar-refractivity contribution in [3.05, 3.63) is 29.3 Å². The Balaban J connectivity index is 2.73. The normalized spacial score (nSPS) is 11.0. The molecule has 0 unspecified atom stereocenters. The molecule has 0 saturated heterocycles. The second kappa shape index (κ2) is 9.78. The van der Waals surface area contributed by atoms with Crippen LogP contribution in [0.2, 0.25) is 5.02 Å². The molecule has 0 radical (unpaired) electrons. The fourth-order valence-corrected chi connectivity index (χ4v) is 1.75. The number of ether oxygens (including phenoxy) is 2. The van der Waals surface area contributed by atoms with E-state index in [0.29, 0.717) is 17.3 Å². The van der Waals surface area contributed by atoms with Crippen molar-refractivity contribution in [3.8, 4) is 0 Å². The van der Waals surface area contributed by atoms with Crippen LogP contribution in [0.5, 0.6) is 0 Å². The van der Waals surface area contributed by atoms with Crippen molar-refractivity contribution in [2.75, 3.05) is 18.6 Å². The summed E-state index contributed by atoms with van der Waals surface area (Å²) in [6.07, 6.45) is 0.188. The average Bonchev–Trinajstić information content (AvgIpc) is 2.47. The van der Waals surface area contributed by atoms with Gasteiger partial charge in [0.05, 0.1) is 25.3 Å². The Hall–Kier alpha value is -2.08. The molecule has 1 aromatic rings. The number of halogens is 1. The molecule has 7 heteroatoms. The molecule has 6 nitrogen and oxygen atoms in total. The highest BCUT2D eigenvalue weighted by molar-refractivity contribution is 6.36. The predicted molar refractivity (Wildman–Crippen MR) is 85.0 cm³/mol. The molecule has 0 aliphatic rings. The van der Waals surface area contributed by atoms with Gasteiger partial charge in [0.2, 0.25) is 0 Å². The Morgan fingerprint density at radius 1 is 1.18 bits per heavy atom. The summed E-state index contributed by atoms with van der Waals surface area (Å²) in [5.74, 6) is -0.955. The molecule has 0 saturated carbocycles. The average molecular weight is 327 g/mol. The zero-order valence-corrected chi connectivity index (χ0v) is 13.4. The number of hydrogen-bond acceptors (Lipinski definition) is 6. The minimum Gasteiger partial charge on any atom is -0.466 e. The van der Waals surface area contributed by atoms with Crippen LogP contribution in [0, 0.1) is 0 Å². The van der Waals surface area contributed by atoms with Gasteiger partial charge in [0.1, 0.15) is 5.71 Å². The monoisotopic (exact) mass is 326 g/mol. The van der Waals surface area contributed by atoms with Crippen molar-refractivity contribution in [3.63, 3.8) is 0 Å². The molecule has 120 valence electrons. The van der Waals surface area contributed by atoms with Crippen LogP contribution in [0.3, 0.4) is 0 Å². The van der Waals surface area contributed by atoms with Gasteiger partial charge >= 0.3 is 11.9 Å². The summed E-state index contributed by atoms with van der Waals surface area (Å²) in [4.78, 5) is 23.2. The van der Waals surface area contributed by atoms with E-state index in [1.54, 1.807) is 38.1 Å². The Bertz CT molecular complexity index is 546. The molecule has 0 bridgehead atoms. The highest BCUT2D eigenvalue weighted by Gasteiger charge is 2.15. The third-order valence-electron chi connectivity index (χ3n) is 2.53. The van der Waals surface area contributed by atoms with Gasteiger partial charge in [0.25, 0.3) is 0 Å². The third-order valence-corrected chi connectivity index (χ3v) is 2.76. The lowest BCUT2D eigenvalue weighted by molar-refractivity contribution is -0.142. The zero-order valence-electron chi connectivity index (χ0n) is 12.6. The molecule has 1 rings (SSSR count). The van der Waals surface area contributed by atoms with Gasteiger partial charge in [0, 0.05) is 11.4 Å². The lowest BCUT2D eigenvalue weighted by Crippen LogP contribution is -2.20. The number of esters is 2. The molecule has 0 aliphatic carbocycles. The van der Waals surface area contributed by atoms with Crippen LogP contribution in [-0.4, -0.2) is 30.9 Å². The number of rotatable bonds is 8. The number of benzene rings is 1. The Kier molecular flexibility index (Phi) is 7.99. The largest absolute Gasteiger partial charge is 0.466 e. The third kappa shape index (κ3) is 6.58. The van der Waals surface area contributed by atoms with Crippen molar-refractivity contribution in [1.29, 1.82) is 0 Å². The van der Waals surface area contributed by atoms with E-state index in [0.717, 1.165) is 0 Å². The lowest BCUT2D eigenvalue weighted by atomic mass is 10.2. The first kappa shape index (κ1) is 18.0. The van der Waals surface area contributed by atoms with Gasteiger partial charge in [-0.3, -0.25) is 10.2 Å². The minimum absolute atomic E-state index is 0.0582. The van der Waals surface area contributed by atoms with Gasteiger partial charge in [-0.25, -0.2) is 4.79 Å². The molecule has 22 heavy (non-hydrogen) atoms. The number of nitrogens with zero attached hydrogens (tertiary/aromatic N) is 1. The van der Waals surface area contributed by atoms with Gasteiger partial charge in [-0.1, -0.05) is 17.7 Å². The second-order valence-electron chi connectivity index (χ2n) is 4.21. The van der Waals surface area contributed by atoms with E-state index in [9.17, 15) is 9.59 Å². The topological polar surface area (TPSA) is 77.0 Å². The zero-order chi connectivity index (χ0) is 16.4. The van der Waals surface area contributed by atoms with Crippen LogP contribution in [0.1, 0.15) is 26.7 Å². The van der Waals surface area contributed by atoms with Crippen molar-refractivity contribution in [1.82, 2.24) is 0 Å². The fourth-order valence-electron chi connectivity index (χ4n) is 1.56. The quantitative estimate of drug-likeness (QED) is 0.451. The smallest absolute Gasteiger partial charge is 0.354 e. The van der Waals surface area contributed by atoms with Crippen molar-refractivity contribution in [2.45, 2.75) is 26.7 Å². The highest BCUT2D eigenvalue weighted by Crippen LogP contribution is 2.15. The lowest BCUT2D eigenvalue weighted by Gasteiger charge is -2.07. The Morgan fingerprint density at radius 3 is 2.55 bits per heavy atom. The number of anilines is 1. The number of hydrazone groups is 1. The van der Waals surface area contributed by atoms with Crippen LogP contribution in [0.15, 0.2) is 29.4 Å². The SMILES string of the molecule is CCOC(=O)CCC(=NNc1cccc(Cl)c1)C(=O)OCC. The van der Waals surface area contributed by atoms with Gasteiger partial charge in [-0.15, -0.1) is 0 Å². The van der Waals surface area contributed by atoms with Gasteiger partial charge in [-0.05, 0) is 32.0 Å². The summed E-state index contributed by atoms with van der Waals surface area (Å²) in [6.45, 7) is 3.95. The maximum Gasteiger partial charge on any atom is 0.354 e. The maximum absolute atomic E-state index is 11.8. The number of carbonyl (C=O) groups is 2. The Labute approximate surface area is 134 Å². The molecule has 0 aliphatic heterocycles. The van der Waals surface area contributed by atoms with Crippen LogP contribution in [-0.2, 0) is 19.1 Å². The maximum atomic E-state index is 11.8. The van der Waals surface area contributed by atoms with Crippen LogP contribution < -0.4 is 5.43 Å². The first-order valence-corrected chi connectivity index (χ1v) is 7.35. The van der Waals surface area contributed by atoms with Gasteiger partial charge < -0.3 is 9.47 Å². The summed E-state index contributed by atoms with van der Waals surface area (Å²) in [5, 5.41) is 4.56. The van der Waals surface area contributed by atoms with E-state index in [4.69, 9.17) is 21.1 Å². The van der Waals surface area contributed by atoms with E-state index in [1.807, 2.05) is 0 Å². The van der Waals surface area contributed by atoms with Crippen molar-refractivity contribution < 1.29 is 19.1 Å². The van der Waals surface area contributed by atoms with E-state index in [1.165, 1.54) is 0 Å². The molecule has 0 spiro atoms. The fraction of sp³-hybridized carbons (Fsp3) is 0.400. The molecule has 1 aromatic carbocycles. The summed E-state index contributed by atoms with van der Waals surface area (Å²) < 4.78 is 9.75.